The molecule has 0 aliphatic carbocycles. The van der Waals surface area contributed by atoms with Crippen LogP contribution in [0.15, 0.2) is 18.2 Å². The second-order valence-corrected chi connectivity index (χ2v) is 5.23. The maximum absolute atomic E-state index is 12.2. The molecule has 122 valence electrons. The lowest BCUT2D eigenvalue weighted by Crippen LogP contribution is -2.49. The first-order chi connectivity index (χ1) is 10.7. The molecule has 2 rings (SSSR count). The van der Waals surface area contributed by atoms with Gasteiger partial charge >= 0.3 is 0 Å². The van der Waals surface area contributed by atoms with Crippen molar-refractivity contribution >= 4 is 5.91 Å². The van der Waals surface area contributed by atoms with Crippen molar-refractivity contribution < 1.29 is 19.0 Å². The van der Waals surface area contributed by atoms with Crippen LogP contribution in [0.25, 0.3) is 0 Å². The first kappa shape index (κ1) is 16.6. The quantitative estimate of drug-likeness (QED) is 0.851. The summed E-state index contributed by atoms with van der Waals surface area (Å²) < 4.78 is 15.8. The van der Waals surface area contributed by atoms with E-state index < -0.39 is 0 Å². The minimum atomic E-state index is -0.149. The van der Waals surface area contributed by atoms with Crippen molar-refractivity contribution in [1.82, 2.24) is 10.2 Å². The van der Waals surface area contributed by atoms with E-state index in [1.165, 1.54) is 0 Å². The number of amides is 1. The molecule has 1 atom stereocenters. The molecule has 1 aliphatic heterocycles. The molecule has 6 heteroatoms. The molecule has 6 nitrogen and oxygen atoms in total. The van der Waals surface area contributed by atoms with Crippen LogP contribution in [0, 0.1) is 0 Å². The number of morpholine rings is 1. The van der Waals surface area contributed by atoms with Crippen LogP contribution in [0.2, 0.25) is 0 Å². The van der Waals surface area contributed by atoms with Crippen LogP contribution in [0.3, 0.4) is 0 Å². The standard InChI is InChI=1S/C16H24N2O4/c1-12(18-6-8-22-9-7-18)16(19)17-11-13-4-5-14(20-2)15(10-13)21-3/h4-5,10,12H,6-9,11H2,1-3H3,(H,17,19). The Hall–Kier alpha value is -1.79. The van der Waals surface area contributed by atoms with Crippen molar-refractivity contribution in [3.8, 4) is 11.5 Å². The second kappa shape index (κ2) is 8.00. The summed E-state index contributed by atoms with van der Waals surface area (Å²) in [6.07, 6.45) is 0. The topological polar surface area (TPSA) is 60.0 Å². The first-order valence-corrected chi connectivity index (χ1v) is 7.46. The molecule has 0 saturated carbocycles. The van der Waals surface area contributed by atoms with Gasteiger partial charge in [-0.3, -0.25) is 9.69 Å². The SMILES string of the molecule is COc1ccc(CNC(=O)C(C)N2CCOCC2)cc1OC. The van der Waals surface area contributed by atoms with Gasteiger partial charge < -0.3 is 19.5 Å². The number of rotatable bonds is 6. The zero-order valence-electron chi connectivity index (χ0n) is 13.4. The van der Waals surface area contributed by atoms with E-state index in [4.69, 9.17) is 14.2 Å². The van der Waals surface area contributed by atoms with E-state index in [2.05, 4.69) is 10.2 Å². The maximum Gasteiger partial charge on any atom is 0.237 e. The summed E-state index contributed by atoms with van der Waals surface area (Å²) in [6, 6.07) is 5.48. The summed E-state index contributed by atoms with van der Waals surface area (Å²) in [4.78, 5) is 14.4. The van der Waals surface area contributed by atoms with Gasteiger partial charge in [-0.15, -0.1) is 0 Å². The van der Waals surface area contributed by atoms with Gasteiger partial charge in [0, 0.05) is 19.6 Å². The van der Waals surface area contributed by atoms with Crippen LogP contribution in [0.1, 0.15) is 12.5 Å². The summed E-state index contributed by atoms with van der Waals surface area (Å²) in [7, 11) is 3.20. The van der Waals surface area contributed by atoms with Crippen LogP contribution in [0.4, 0.5) is 0 Å². The number of hydrogen-bond donors (Lipinski definition) is 1. The molecule has 1 aliphatic rings. The van der Waals surface area contributed by atoms with Crippen LogP contribution >= 0.6 is 0 Å². The van der Waals surface area contributed by atoms with Gasteiger partial charge in [0.05, 0.1) is 33.5 Å². The molecule has 1 unspecified atom stereocenters. The second-order valence-electron chi connectivity index (χ2n) is 5.23. The average Bonchev–Trinajstić information content (AvgIpc) is 2.59. The Balaban J connectivity index is 1.90. The summed E-state index contributed by atoms with van der Waals surface area (Å²) in [5.74, 6) is 1.37. The number of hydrogen-bond acceptors (Lipinski definition) is 5. The van der Waals surface area contributed by atoms with Gasteiger partial charge in [-0.1, -0.05) is 6.07 Å². The number of nitrogens with one attached hydrogen (secondary N) is 1. The van der Waals surface area contributed by atoms with E-state index >= 15 is 0 Å². The highest BCUT2D eigenvalue weighted by Gasteiger charge is 2.22. The predicted octanol–water partition coefficient (Wildman–Crippen LogP) is 1.04. The lowest BCUT2D eigenvalue weighted by atomic mass is 10.2. The summed E-state index contributed by atoms with van der Waals surface area (Å²) >= 11 is 0. The predicted molar refractivity (Wildman–Crippen MR) is 83.2 cm³/mol. The molecule has 0 spiro atoms. The van der Waals surface area contributed by atoms with Gasteiger partial charge in [-0.05, 0) is 24.6 Å². The van der Waals surface area contributed by atoms with Crippen molar-refractivity contribution in [2.45, 2.75) is 19.5 Å². The Kier molecular flexibility index (Phi) is 6.03. The van der Waals surface area contributed by atoms with E-state index in [0.717, 1.165) is 18.7 Å². The van der Waals surface area contributed by atoms with Crippen molar-refractivity contribution in [2.24, 2.45) is 0 Å². The lowest BCUT2D eigenvalue weighted by Gasteiger charge is -2.31. The minimum Gasteiger partial charge on any atom is -0.493 e. The van der Waals surface area contributed by atoms with Crippen molar-refractivity contribution in [3.05, 3.63) is 23.8 Å². The lowest BCUT2D eigenvalue weighted by molar-refractivity contribution is -0.127. The summed E-state index contributed by atoms with van der Waals surface area (Å²) in [5.41, 5.74) is 0.972. The molecule has 1 amide bonds. The highest BCUT2D eigenvalue weighted by Crippen LogP contribution is 2.27. The van der Waals surface area contributed by atoms with Crippen LogP contribution in [0.5, 0.6) is 11.5 Å². The first-order valence-electron chi connectivity index (χ1n) is 7.46. The van der Waals surface area contributed by atoms with Gasteiger partial charge in [-0.25, -0.2) is 0 Å². The molecule has 1 N–H and O–H groups in total. The third kappa shape index (κ3) is 4.11. The van der Waals surface area contributed by atoms with Gasteiger partial charge in [0.2, 0.25) is 5.91 Å². The molecule has 1 aromatic rings. The largest absolute Gasteiger partial charge is 0.493 e. The normalized spacial score (nSPS) is 16.9. The Morgan fingerprint density at radius 2 is 1.95 bits per heavy atom. The Bertz CT molecular complexity index is 501. The van der Waals surface area contributed by atoms with E-state index in [0.29, 0.717) is 31.3 Å². The molecule has 1 aromatic carbocycles. The fourth-order valence-corrected chi connectivity index (χ4v) is 2.46. The van der Waals surface area contributed by atoms with E-state index in [1.807, 2.05) is 25.1 Å². The zero-order valence-corrected chi connectivity index (χ0v) is 13.4. The maximum atomic E-state index is 12.2. The Labute approximate surface area is 131 Å². The Morgan fingerprint density at radius 1 is 1.27 bits per heavy atom. The van der Waals surface area contributed by atoms with Crippen molar-refractivity contribution in [2.75, 3.05) is 40.5 Å². The molecule has 1 saturated heterocycles. The number of carbonyl (C=O) groups is 1. The fourth-order valence-electron chi connectivity index (χ4n) is 2.46. The number of nitrogens with zero attached hydrogens (tertiary/aromatic N) is 1. The van der Waals surface area contributed by atoms with Crippen LogP contribution in [-0.2, 0) is 16.1 Å². The van der Waals surface area contributed by atoms with E-state index in [1.54, 1.807) is 14.2 Å². The van der Waals surface area contributed by atoms with Gasteiger partial charge in [-0.2, -0.15) is 0 Å². The van der Waals surface area contributed by atoms with Gasteiger partial charge in [0.1, 0.15) is 0 Å². The highest BCUT2D eigenvalue weighted by molar-refractivity contribution is 5.81. The molecule has 0 aromatic heterocycles. The van der Waals surface area contributed by atoms with Gasteiger partial charge in [0.25, 0.3) is 0 Å². The molecule has 0 bridgehead atoms. The van der Waals surface area contributed by atoms with Crippen molar-refractivity contribution in [3.63, 3.8) is 0 Å². The third-order valence-electron chi connectivity index (χ3n) is 3.89. The zero-order chi connectivity index (χ0) is 15.9. The van der Waals surface area contributed by atoms with Crippen LogP contribution < -0.4 is 14.8 Å². The Morgan fingerprint density at radius 3 is 2.59 bits per heavy atom. The molecule has 0 radical (unpaired) electrons. The summed E-state index contributed by atoms with van der Waals surface area (Å²) in [6.45, 7) is 5.36. The molecule has 22 heavy (non-hydrogen) atoms. The number of carbonyl (C=O) groups excluding carboxylic acids is 1. The number of ether oxygens (including phenoxy) is 3. The molecular formula is C16H24N2O4. The van der Waals surface area contributed by atoms with Gasteiger partial charge in [0.15, 0.2) is 11.5 Å². The highest BCUT2D eigenvalue weighted by atomic mass is 16.5. The van der Waals surface area contributed by atoms with Crippen molar-refractivity contribution in [1.29, 1.82) is 0 Å². The van der Waals surface area contributed by atoms with Crippen LogP contribution in [-0.4, -0.2) is 57.4 Å². The smallest absolute Gasteiger partial charge is 0.237 e. The molecular weight excluding hydrogens is 284 g/mol. The number of methoxy groups -OCH3 is 2. The van der Waals surface area contributed by atoms with E-state index in [9.17, 15) is 4.79 Å². The monoisotopic (exact) mass is 308 g/mol. The number of benzene rings is 1. The minimum absolute atomic E-state index is 0.0247. The molecule has 1 fully saturated rings. The fraction of sp³-hybridized carbons (Fsp3) is 0.562. The molecule has 1 heterocycles. The van der Waals surface area contributed by atoms with E-state index in [-0.39, 0.29) is 11.9 Å². The summed E-state index contributed by atoms with van der Waals surface area (Å²) in [5, 5.41) is 2.97. The third-order valence-corrected chi connectivity index (χ3v) is 3.89. The average molecular weight is 308 g/mol.